The molecule has 3 aromatic carbocycles. The van der Waals surface area contributed by atoms with Crippen LogP contribution in [0.1, 0.15) is 21.6 Å². The minimum Gasteiger partial charge on any atom is -0.493 e. The highest BCUT2D eigenvalue weighted by atomic mass is 16.3. The van der Waals surface area contributed by atoms with E-state index in [1.807, 2.05) is 83.4 Å². The molecule has 0 bridgehead atoms. The normalized spacial score (nSPS) is 11.1. The predicted octanol–water partition coefficient (Wildman–Crippen LogP) is 5.86. The lowest BCUT2D eigenvalue weighted by molar-refractivity contribution is 0.0951. The van der Waals surface area contributed by atoms with E-state index in [4.69, 9.17) is 15.7 Å². The minimum atomic E-state index is -0.239. The van der Waals surface area contributed by atoms with Gasteiger partial charge < -0.3 is 16.2 Å². The number of nitrogens with two attached hydrogens (primary N) is 1. The lowest BCUT2D eigenvalue weighted by Crippen LogP contribution is -2.23. The van der Waals surface area contributed by atoms with Gasteiger partial charge in [-0.3, -0.25) is 9.36 Å². The van der Waals surface area contributed by atoms with Crippen molar-refractivity contribution in [2.75, 3.05) is 5.73 Å². The fraction of sp³-hybridized carbons (Fsp3) is 0.0571. The minimum absolute atomic E-state index is 0.0108. The number of nitrogens with zero attached hydrogens (tertiary/aromatic N) is 6. The van der Waals surface area contributed by atoms with E-state index in [2.05, 4.69) is 15.4 Å². The Morgan fingerprint density at radius 1 is 0.867 bits per heavy atom. The molecule has 0 radical (unpaired) electrons. The number of carbonyl (C=O) groups excluding carboxylic acids is 1. The standard InChI is InChI=1S/C35H28N8O2/c1-22-19-31(44)43(41-22)27-10-5-9-25(20-27)35(45)38-21-23-12-14-26(15-13-23)42-33(28-11-6-18-37-32(28)36)40-30-17-16-29(39-34(30)42)24-7-3-2-4-8-24/h2-20,44H,21H2,1H3,(H2,36,37)(H,38,45). The first-order valence-corrected chi connectivity index (χ1v) is 14.3. The first-order valence-electron chi connectivity index (χ1n) is 14.3. The molecule has 0 spiro atoms. The van der Waals surface area contributed by atoms with Gasteiger partial charge in [0.15, 0.2) is 11.5 Å². The van der Waals surface area contributed by atoms with E-state index in [9.17, 15) is 9.90 Å². The van der Waals surface area contributed by atoms with Gasteiger partial charge in [-0.1, -0.05) is 48.5 Å². The summed E-state index contributed by atoms with van der Waals surface area (Å²) in [4.78, 5) is 27.2. The summed E-state index contributed by atoms with van der Waals surface area (Å²) in [6.45, 7) is 2.11. The van der Waals surface area contributed by atoms with E-state index in [-0.39, 0.29) is 11.8 Å². The molecule has 10 nitrogen and oxygen atoms in total. The maximum atomic E-state index is 13.0. The smallest absolute Gasteiger partial charge is 0.251 e. The second kappa shape index (κ2) is 11.4. The van der Waals surface area contributed by atoms with Crippen LogP contribution < -0.4 is 11.1 Å². The van der Waals surface area contributed by atoms with Gasteiger partial charge in [-0.15, -0.1) is 0 Å². The zero-order valence-electron chi connectivity index (χ0n) is 24.3. The van der Waals surface area contributed by atoms with Crippen molar-refractivity contribution in [1.29, 1.82) is 0 Å². The molecule has 1 amide bonds. The summed E-state index contributed by atoms with van der Waals surface area (Å²) in [6, 6.07) is 34.0. The summed E-state index contributed by atoms with van der Waals surface area (Å²) < 4.78 is 3.38. The molecule has 0 fully saturated rings. The third kappa shape index (κ3) is 5.36. The molecule has 7 aromatic rings. The molecule has 0 aliphatic heterocycles. The van der Waals surface area contributed by atoms with Crippen LogP contribution >= 0.6 is 0 Å². The number of rotatable bonds is 7. The molecule has 220 valence electrons. The molecule has 0 unspecified atom stereocenters. The summed E-state index contributed by atoms with van der Waals surface area (Å²) in [7, 11) is 0. The average molecular weight is 593 g/mol. The summed E-state index contributed by atoms with van der Waals surface area (Å²) in [5.41, 5.74) is 13.7. The lowest BCUT2D eigenvalue weighted by Gasteiger charge is -2.12. The van der Waals surface area contributed by atoms with Crippen molar-refractivity contribution in [2.24, 2.45) is 0 Å². The summed E-state index contributed by atoms with van der Waals surface area (Å²) in [5.74, 6) is 0.778. The molecular weight excluding hydrogens is 564 g/mol. The Morgan fingerprint density at radius 2 is 1.69 bits per heavy atom. The van der Waals surface area contributed by atoms with Crippen LogP contribution in [0, 0.1) is 6.92 Å². The highest BCUT2D eigenvalue weighted by molar-refractivity contribution is 5.94. The number of amides is 1. The number of hydrogen-bond acceptors (Lipinski definition) is 7. The van der Waals surface area contributed by atoms with Crippen LogP contribution in [0.2, 0.25) is 0 Å². The zero-order valence-corrected chi connectivity index (χ0v) is 24.3. The SMILES string of the molecule is Cc1cc(O)n(-c2cccc(C(=O)NCc3ccc(-n4c(-c5cccnc5N)nc5ccc(-c6ccccc6)nc54)cc3)c2)n1. The second-order valence-electron chi connectivity index (χ2n) is 10.6. The van der Waals surface area contributed by atoms with Crippen molar-refractivity contribution in [3.8, 4) is 39.9 Å². The van der Waals surface area contributed by atoms with Crippen LogP contribution in [0.5, 0.6) is 5.88 Å². The van der Waals surface area contributed by atoms with Crippen molar-refractivity contribution < 1.29 is 9.90 Å². The van der Waals surface area contributed by atoms with E-state index >= 15 is 0 Å². The molecule has 7 rings (SSSR count). The number of imidazole rings is 1. The Balaban J connectivity index is 1.18. The van der Waals surface area contributed by atoms with Crippen LogP contribution in [0.4, 0.5) is 5.82 Å². The van der Waals surface area contributed by atoms with Crippen LogP contribution in [0.15, 0.2) is 115 Å². The number of aromatic nitrogens is 6. The van der Waals surface area contributed by atoms with Crippen LogP contribution in [0.25, 0.3) is 45.2 Å². The average Bonchev–Trinajstić information content (AvgIpc) is 3.62. The quantitative estimate of drug-likeness (QED) is 0.211. The number of nitrogens with one attached hydrogen (secondary N) is 1. The maximum absolute atomic E-state index is 13.0. The molecule has 4 aromatic heterocycles. The van der Waals surface area contributed by atoms with Gasteiger partial charge in [-0.05, 0) is 67.1 Å². The Hall–Kier alpha value is -6.29. The lowest BCUT2D eigenvalue weighted by atomic mass is 10.1. The first kappa shape index (κ1) is 27.5. The topological polar surface area (TPSA) is 137 Å². The number of anilines is 1. The number of benzene rings is 3. The largest absolute Gasteiger partial charge is 0.493 e. The van der Waals surface area contributed by atoms with E-state index in [1.54, 1.807) is 43.5 Å². The molecule has 10 heteroatoms. The fourth-order valence-electron chi connectivity index (χ4n) is 5.26. The van der Waals surface area contributed by atoms with Gasteiger partial charge in [-0.25, -0.2) is 19.6 Å². The van der Waals surface area contributed by atoms with Gasteiger partial charge in [0.05, 0.1) is 22.6 Å². The van der Waals surface area contributed by atoms with Gasteiger partial charge in [0.25, 0.3) is 5.91 Å². The van der Waals surface area contributed by atoms with Gasteiger partial charge >= 0.3 is 0 Å². The molecular formula is C35H28N8O2. The summed E-state index contributed by atoms with van der Waals surface area (Å²) >= 11 is 0. The summed E-state index contributed by atoms with van der Waals surface area (Å²) in [5, 5.41) is 17.4. The Bertz CT molecular complexity index is 2170. The summed E-state index contributed by atoms with van der Waals surface area (Å²) in [6.07, 6.45) is 1.65. The van der Waals surface area contributed by atoms with Gasteiger partial charge in [0.1, 0.15) is 11.3 Å². The van der Waals surface area contributed by atoms with E-state index in [0.717, 1.165) is 28.0 Å². The number of fused-ring (bicyclic) bond motifs is 1. The predicted molar refractivity (Wildman–Crippen MR) is 173 cm³/mol. The van der Waals surface area contributed by atoms with Crippen molar-refractivity contribution in [1.82, 2.24) is 34.6 Å². The van der Waals surface area contributed by atoms with Crippen LogP contribution in [-0.2, 0) is 6.54 Å². The Labute approximate surface area is 258 Å². The van der Waals surface area contributed by atoms with Gasteiger partial charge in [0, 0.05) is 35.6 Å². The number of aromatic hydroxyl groups is 1. The Kier molecular flexibility index (Phi) is 6.99. The monoisotopic (exact) mass is 592 g/mol. The van der Waals surface area contributed by atoms with Crippen molar-refractivity contribution >= 4 is 22.9 Å². The second-order valence-corrected chi connectivity index (χ2v) is 10.6. The van der Waals surface area contributed by atoms with Crippen molar-refractivity contribution in [2.45, 2.75) is 13.5 Å². The highest BCUT2D eigenvalue weighted by Gasteiger charge is 2.19. The van der Waals surface area contributed by atoms with Gasteiger partial charge in [0.2, 0.25) is 5.88 Å². The third-order valence-corrected chi connectivity index (χ3v) is 7.47. The van der Waals surface area contributed by atoms with Gasteiger partial charge in [-0.2, -0.15) is 5.10 Å². The molecule has 45 heavy (non-hydrogen) atoms. The van der Waals surface area contributed by atoms with Crippen molar-refractivity contribution in [3.63, 3.8) is 0 Å². The van der Waals surface area contributed by atoms with E-state index in [0.29, 0.717) is 46.3 Å². The fourth-order valence-corrected chi connectivity index (χ4v) is 5.26. The number of nitrogen functional groups attached to an aromatic ring is 1. The van der Waals surface area contributed by atoms with Crippen LogP contribution in [-0.4, -0.2) is 40.3 Å². The number of hydrogen-bond donors (Lipinski definition) is 3. The molecule has 0 aliphatic carbocycles. The number of carbonyl (C=O) groups is 1. The number of pyridine rings is 2. The van der Waals surface area contributed by atoms with Crippen LogP contribution in [0.3, 0.4) is 0 Å². The third-order valence-electron chi connectivity index (χ3n) is 7.47. The van der Waals surface area contributed by atoms with E-state index < -0.39 is 0 Å². The molecule has 4 heterocycles. The molecule has 0 saturated carbocycles. The molecule has 0 atom stereocenters. The van der Waals surface area contributed by atoms with Crippen molar-refractivity contribution in [3.05, 3.63) is 132 Å². The number of aryl methyl sites for hydroxylation is 1. The first-order chi connectivity index (χ1) is 21.9. The molecule has 4 N–H and O–H groups in total. The zero-order chi connectivity index (χ0) is 30.9. The Morgan fingerprint density at radius 3 is 2.44 bits per heavy atom. The molecule has 0 aliphatic rings. The van der Waals surface area contributed by atoms with E-state index in [1.165, 1.54) is 4.68 Å². The molecule has 0 saturated heterocycles. The maximum Gasteiger partial charge on any atom is 0.251 e. The highest BCUT2D eigenvalue weighted by Crippen LogP contribution is 2.32.